The number of carbonyl (C=O) groups is 1. The fourth-order valence-electron chi connectivity index (χ4n) is 3.26. The number of carbonyl (C=O) groups excluding carboxylic acids is 1. The van der Waals surface area contributed by atoms with Gasteiger partial charge in [-0.1, -0.05) is 42.1 Å². The summed E-state index contributed by atoms with van der Waals surface area (Å²) >= 11 is 1.30. The minimum Gasteiger partial charge on any atom is -0.492 e. The maximum atomic E-state index is 12.5. The molecule has 8 nitrogen and oxygen atoms in total. The highest BCUT2D eigenvalue weighted by atomic mass is 32.2. The third-order valence-electron chi connectivity index (χ3n) is 4.65. The molecule has 0 saturated heterocycles. The molecule has 1 aliphatic heterocycles. The fourth-order valence-corrected chi connectivity index (χ4v) is 4.01. The molecule has 0 bridgehead atoms. The van der Waals surface area contributed by atoms with E-state index in [4.69, 9.17) is 14.2 Å². The Morgan fingerprint density at radius 3 is 2.84 bits per heavy atom. The quantitative estimate of drug-likeness (QED) is 0.386. The number of hydrogen-bond acceptors (Lipinski definition) is 7. The summed E-state index contributed by atoms with van der Waals surface area (Å²) in [5.74, 6) is 2.64. The first kappa shape index (κ1) is 21.8. The molecule has 2 aromatic carbocycles. The second-order valence-electron chi connectivity index (χ2n) is 6.87. The van der Waals surface area contributed by atoms with Gasteiger partial charge in [0.05, 0.1) is 18.0 Å². The number of fused-ring (bicyclic) bond motifs is 1. The van der Waals surface area contributed by atoms with Crippen molar-refractivity contribution >= 4 is 23.4 Å². The number of amides is 1. The van der Waals surface area contributed by atoms with Crippen molar-refractivity contribution in [3.8, 4) is 17.2 Å². The van der Waals surface area contributed by atoms with Gasteiger partial charge in [0.1, 0.15) is 12.4 Å². The second-order valence-corrected chi connectivity index (χ2v) is 7.81. The van der Waals surface area contributed by atoms with Gasteiger partial charge in [-0.15, -0.1) is 16.8 Å². The number of thioether (sulfide) groups is 1. The van der Waals surface area contributed by atoms with E-state index in [1.54, 1.807) is 6.08 Å². The van der Waals surface area contributed by atoms with Gasteiger partial charge in [-0.2, -0.15) is 0 Å². The molecule has 4 rings (SSSR count). The van der Waals surface area contributed by atoms with E-state index in [-0.39, 0.29) is 11.7 Å². The van der Waals surface area contributed by atoms with E-state index in [2.05, 4.69) is 22.1 Å². The van der Waals surface area contributed by atoms with Crippen molar-refractivity contribution in [1.82, 2.24) is 14.8 Å². The van der Waals surface area contributed by atoms with Crippen LogP contribution in [0.15, 0.2) is 66.3 Å². The van der Waals surface area contributed by atoms with Crippen LogP contribution in [0.4, 0.5) is 5.69 Å². The van der Waals surface area contributed by atoms with Gasteiger partial charge in [0.25, 0.3) is 0 Å². The molecule has 9 heteroatoms. The molecule has 0 aliphatic carbocycles. The number of allylic oxidation sites excluding steroid dienone is 1. The Balaban J connectivity index is 1.44. The predicted octanol–water partition coefficient (Wildman–Crippen LogP) is 4.11. The zero-order chi connectivity index (χ0) is 22.3. The normalized spacial score (nSPS) is 14.6. The van der Waals surface area contributed by atoms with Crippen LogP contribution in [-0.2, 0) is 11.3 Å². The molecule has 0 radical (unpaired) electrons. The first-order valence-corrected chi connectivity index (χ1v) is 11.2. The van der Waals surface area contributed by atoms with E-state index in [9.17, 15) is 4.79 Å². The number of benzene rings is 2. The van der Waals surface area contributed by atoms with Crippen LogP contribution in [0.3, 0.4) is 0 Å². The smallest absolute Gasteiger partial charge is 0.234 e. The van der Waals surface area contributed by atoms with Crippen molar-refractivity contribution in [2.75, 3.05) is 24.3 Å². The van der Waals surface area contributed by atoms with Gasteiger partial charge in [-0.05, 0) is 31.2 Å². The third kappa shape index (κ3) is 4.88. The maximum Gasteiger partial charge on any atom is 0.234 e. The lowest BCUT2D eigenvalue weighted by Gasteiger charge is -2.26. The van der Waals surface area contributed by atoms with Gasteiger partial charge in [-0.25, -0.2) is 0 Å². The van der Waals surface area contributed by atoms with Crippen molar-refractivity contribution in [3.63, 3.8) is 0 Å². The number of rotatable bonds is 9. The van der Waals surface area contributed by atoms with E-state index in [0.29, 0.717) is 53.7 Å². The molecule has 1 unspecified atom stereocenters. The van der Waals surface area contributed by atoms with Gasteiger partial charge in [0.15, 0.2) is 28.6 Å². The minimum absolute atomic E-state index is 0.164. The third-order valence-corrected chi connectivity index (χ3v) is 5.61. The van der Waals surface area contributed by atoms with E-state index in [1.807, 2.05) is 60.0 Å². The van der Waals surface area contributed by atoms with E-state index in [0.717, 1.165) is 0 Å². The topological polar surface area (TPSA) is 87.5 Å². The summed E-state index contributed by atoms with van der Waals surface area (Å²) in [6.45, 7) is 7.06. The molecular weight excluding hydrogens is 428 g/mol. The molecule has 2 heterocycles. The summed E-state index contributed by atoms with van der Waals surface area (Å²) < 4.78 is 19.3. The number of ether oxygens (including phenoxy) is 3. The van der Waals surface area contributed by atoms with Crippen molar-refractivity contribution in [3.05, 3.63) is 67.0 Å². The first-order chi connectivity index (χ1) is 15.7. The summed E-state index contributed by atoms with van der Waals surface area (Å²) in [5, 5.41) is 12.1. The number of nitrogens with one attached hydrogen (secondary N) is 1. The fraction of sp³-hybridized carbons (Fsp3) is 0.261. The highest BCUT2D eigenvalue weighted by Gasteiger charge is 2.28. The van der Waals surface area contributed by atoms with Gasteiger partial charge in [-0.3, -0.25) is 9.36 Å². The van der Waals surface area contributed by atoms with Crippen LogP contribution < -0.4 is 19.5 Å². The minimum atomic E-state index is -0.404. The van der Waals surface area contributed by atoms with Crippen LogP contribution in [0.25, 0.3) is 0 Å². The van der Waals surface area contributed by atoms with Crippen LogP contribution in [0.5, 0.6) is 17.2 Å². The SMILES string of the molecule is C=CCn1c(SCC(=O)Nc2ccccc2OCC)nnc1C1COc2ccccc2O1. The first-order valence-electron chi connectivity index (χ1n) is 10.3. The molecule has 1 aromatic heterocycles. The Morgan fingerprint density at radius 2 is 2.03 bits per heavy atom. The van der Waals surface area contributed by atoms with Crippen molar-refractivity contribution in [1.29, 1.82) is 0 Å². The monoisotopic (exact) mass is 452 g/mol. The Morgan fingerprint density at radius 1 is 1.25 bits per heavy atom. The summed E-state index contributed by atoms with van der Waals surface area (Å²) in [4.78, 5) is 12.5. The summed E-state index contributed by atoms with van der Waals surface area (Å²) in [5.41, 5.74) is 0.639. The summed E-state index contributed by atoms with van der Waals surface area (Å²) in [6, 6.07) is 14.9. The summed E-state index contributed by atoms with van der Waals surface area (Å²) in [7, 11) is 0. The lowest BCUT2D eigenvalue weighted by Crippen LogP contribution is -2.25. The molecule has 3 aromatic rings. The lowest BCUT2D eigenvalue weighted by atomic mass is 10.2. The Labute approximate surface area is 190 Å². The highest BCUT2D eigenvalue weighted by Crippen LogP contribution is 2.36. The van der Waals surface area contributed by atoms with Crippen molar-refractivity contribution in [2.45, 2.75) is 24.7 Å². The van der Waals surface area contributed by atoms with Gasteiger partial charge >= 0.3 is 0 Å². The lowest BCUT2D eigenvalue weighted by molar-refractivity contribution is -0.113. The Bertz CT molecular complexity index is 1100. The second kappa shape index (κ2) is 10.2. The predicted molar refractivity (Wildman–Crippen MR) is 122 cm³/mol. The number of anilines is 1. The van der Waals surface area contributed by atoms with Gasteiger partial charge < -0.3 is 19.5 Å². The van der Waals surface area contributed by atoms with Gasteiger partial charge in [0.2, 0.25) is 5.91 Å². The number of nitrogens with zero attached hydrogens (tertiary/aromatic N) is 3. The number of hydrogen-bond donors (Lipinski definition) is 1. The van der Waals surface area contributed by atoms with Crippen molar-refractivity contribution in [2.24, 2.45) is 0 Å². The van der Waals surface area contributed by atoms with Crippen LogP contribution >= 0.6 is 11.8 Å². The van der Waals surface area contributed by atoms with Crippen LogP contribution in [0.2, 0.25) is 0 Å². The number of aromatic nitrogens is 3. The van der Waals surface area contributed by atoms with Crippen LogP contribution in [0.1, 0.15) is 18.9 Å². The standard InChI is InChI=1S/C23H24N4O4S/c1-3-13-27-22(20-14-30-18-11-7-8-12-19(18)31-20)25-26-23(27)32-15-21(28)24-16-9-5-6-10-17(16)29-4-2/h3,5-12,20H,1,4,13-15H2,2H3,(H,24,28). The van der Waals surface area contributed by atoms with E-state index < -0.39 is 6.10 Å². The Kier molecular flexibility index (Phi) is 6.96. The van der Waals surface area contributed by atoms with Crippen LogP contribution in [-0.4, -0.2) is 39.6 Å². The summed E-state index contributed by atoms with van der Waals surface area (Å²) in [6.07, 6.45) is 1.35. The van der Waals surface area contributed by atoms with Crippen LogP contribution in [0, 0.1) is 0 Å². The molecule has 1 amide bonds. The highest BCUT2D eigenvalue weighted by molar-refractivity contribution is 7.99. The molecule has 0 spiro atoms. The molecule has 0 fully saturated rings. The van der Waals surface area contributed by atoms with E-state index in [1.165, 1.54) is 11.8 Å². The van der Waals surface area contributed by atoms with Gasteiger partial charge in [0, 0.05) is 6.54 Å². The molecule has 1 atom stereocenters. The van der Waals surface area contributed by atoms with Crippen molar-refractivity contribution < 1.29 is 19.0 Å². The zero-order valence-electron chi connectivity index (χ0n) is 17.7. The largest absolute Gasteiger partial charge is 0.492 e. The average molecular weight is 453 g/mol. The Hall–Kier alpha value is -3.46. The molecule has 0 saturated carbocycles. The molecule has 32 heavy (non-hydrogen) atoms. The number of para-hydroxylation sites is 4. The molecule has 1 N–H and O–H groups in total. The average Bonchev–Trinajstić information content (AvgIpc) is 3.21. The molecule has 166 valence electrons. The zero-order valence-corrected chi connectivity index (χ0v) is 18.5. The van der Waals surface area contributed by atoms with E-state index >= 15 is 0 Å². The molecule has 1 aliphatic rings. The molecular formula is C23H24N4O4S. The maximum absolute atomic E-state index is 12.5.